The van der Waals surface area contributed by atoms with E-state index < -0.39 is 11.8 Å². The minimum atomic E-state index is -0.484. The first-order valence-corrected chi connectivity index (χ1v) is 7.22. The molecule has 0 fully saturated rings. The SMILES string of the molecule is NC(=O)Cc1csc(NC(=O)c2ccc(-n3cncn3)nn2)n1. The van der Waals surface area contributed by atoms with E-state index in [1.165, 1.54) is 34.7 Å². The van der Waals surface area contributed by atoms with Crippen LogP contribution >= 0.6 is 11.3 Å². The highest BCUT2D eigenvalue weighted by Gasteiger charge is 2.12. The highest BCUT2D eigenvalue weighted by atomic mass is 32.1. The van der Waals surface area contributed by atoms with Gasteiger partial charge < -0.3 is 5.73 Å². The molecule has 23 heavy (non-hydrogen) atoms. The van der Waals surface area contributed by atoms with Gasteiger partial charge in [-0.2, -0.15) is 5.10 Å². The summed E-state index contributed by atoms with van der Waals surface area (Å²) in [6.07, 6.45) is 2.87. The first-order valence-electron chi connectivity index (χ1n) is 6.34. The Kier molecular flexibility index (Phi) is 4.01. The van der Waals surface area contributed by atoms with Crippen LogP contribution in [0.1, 0.15) is 16.2 Å². The van der Waals surface area contributed by atoms with Crippen LogP contribution in [0.4, 0.5) is 5.13 Å². The lowest BCUT2D eigenvalue weighted by atomic mass is 10.3. The van der Waals surface area contributed by atoms with Gasteiger partial charge in [-0.3, -0.25) is 14.9 Å². The van der Waals surface area contributed by atoms with Crippen molar-refractivity contribution in [1.29, 1.82) is 0 Å². The van der Waals surface area contributed by atoms with Gasteiger partial charge >= 0.3 is 0 Å². The topological polar surface area (TPSA) is 142 Å². The largest absolute Gasteiger partial charge is 0.369 e. The summed E-state index contributed by atoms with van der Waals surface area (Å²) in [6.45, 7) is 0. The van der Waals surface area contributed by atoms with E-state index in [4.69, 9.17) is 5.73 Å². The van der Waals surface area contributed by atoms with Gasteiger partial charge in [-0.15, -0.1) is 21.5 Å². The molecule has 3 heterocycles. The van der Waals surface area contributed by atoms with Crippen molar-refractivity contribution in [2.24, 2.45) is 5.73 Å². The third-order valence-corrected chi connectivity index (χ3v) is 3.47. The first kappa shape index (κ1) is 14.7. The number of hydrogen-bond acceptors (Lipinski definition) is 8. The van der Waals surface area contributed by atoms with Crippen molar-refractivity contribution in [3.05, 3.63) is 41.6 Å². The van der Waals surface area contributed by atoms with Crippen molar-refractivity contribution < 1.29 is 9.59 Å². The molecule has 0 aliphatic carbocycles. The zero-order valence-corrected chi connectivity index (χ0v) is 12.4. The van der Waals surface area contributed by atoms with Crippen LogP contribution in [-0.2, 0) is 11.2 Å². The van der Waals surface area contributed by atoms with Crippen LogP contribution in [0.15, 0.2) is 30.2 Å². The monoisotopic (exact) mass is 330 g/mol. The van der Waals surface area contributed by atoms with E-state index in [9.17, 15) is 9.59 Å². The highest BCUT2D eigenvalue weighted by Crippen LogP contribution is 2.16. The van der Waals surface area contributed by atoms with Crippen LogP contribution in [0.3, 0.4) is 0 Å². The fourth-order valence-electron chi connectivity index (χ4n) is 1.68. The number of hydrogen-bond donors (Lipinski definition) is 2. The molecule has 116 valence electrons. The normalized spacial score (nSPS) is 10.4. The average Bonchev–Trinajstić information content (AvgIpc) is 3.19. The number of anilines is 1. The summed E-state index contributed by atoms with van der Waals surface area (Å²) >= 11 is 1.19. The zero-order valence-electron chi connectivity index (χ0n) is 11.6. The number of primary amides is 1. The highest BCUT2D eigenvalue weighted by molar-refractivity contribution is 7.14. The number of nitrogens with one attached hydrogen (secondary N) is 1. The molecule has 3 aromatic heterocycles. The number of aromatic nitrogens is 6. The molecule has 10 nitrogen and oxygen atoms in total. The summed E-state index contributed by atoms with van der Waals surface area (Å²) < 4.78 is 1.42. The molecule has 0 bridgehead atoms. The summed E-state index contributed by atoms with van der Waals surface area (Å²) in [4.78, 5) is 30.8. The second-order valence-electron chi connectivity index (χ2n) is 4.36. The smallest absolute Gasteiger partial charge is 0.277 e. The second kappa shape index (κ2) is 6.27. The molecule has 11 heteroatoms. The van der Waals surface area contributed by atoms with E-state index in [0.29, 0.717) is 16.6 Å². The Morgan fingerprint density at radius 1 is 1.30 bits per heavy atom. The number of nitrogens with zero attached hydrogens (tertiary/aromatic N) is 6. The molecule has 0 aliphatic rings. The van der Waals surface area contributed by atoms with E-state index in [-0.39, 0.29) is 12.1 Å². The number of carbonyl (C=O) groups excluding carboxylic acids is 2. The fourth-order valence-corrected chi connectivity index (χ4v) is 2.39. The molecular formula is C12H10N8O2S. The third-order valence-electron chi connectivity index (χ3n) is 2.66. The number of carbonyl (C=O) groups is 2. The summed E-state index contributed by atoms with van der Waals surface area (Å²) in [6, 6.07) is 3.11. The molecule has 0 aliphatic heterocycles. The van der Waals surface area contributed by atoms with Crippen molar-refractivity contribution in [2.45, 2.75) is 6.42 Å². The van der Waals surface area contributed by atoms with E-state index >= 15 is 0 Å². The maximum atomic E-state index is 12.1. The van der Waals surface area contributed by atoms with E-state index in [2.05, 4.69) is 30.6 Å². The Hall–Kier alpha value is -3.21. The lowest BCUT2D eigenvalue weighted by Gasteiger charge is -2.01. The third kappa shape index (κ3) is 3.52. The minimum absolute atomic E-state index is 0.0266. The molecule has 0 spiro atoms. The fraction of sp³-hybridized carbons (Fsp3) is 0.0833. The van der Waals surface area contributed by atoms with Crippen LogP contribution in [0, 0.1) is 0 Å². The lowest BCUT2D eigenvalue weighted by Crippen LogP contribution is -2.16. The van der Waals surface area contributed by atoms with Gasteiger partial charge in [-0.25, -0.2) is 14.6 Å². The summed E-state index contributed by atoms with van der Waals surface area (Å²) in [5, 5.41) is 16.2. The number of nitrogens with two attached hydrogens (primary N) is 1. The Labute approximate surface area is 133 Å². The molecule has 0 unspecified atom stereocenters. The molecule has 0 atom stereocenters. The number of rotatable bonds is 5. The molecule has 3 rings (SSSR count). The van der Waals surface area contributed by atoms with E-state index in [0.717, 1.165) is 0 Å². The van der Waals surface area contributed by atoms with Gasteiger partial charge in [0.2, 0.25) is 5.91 Å². The first-order chi connectivity index (χ1) is 11.1. The molecule has 3 aromatic rings. The van der Waals surface area contributed by atoms with Crippen LogP contribution in [-0.4, -0.2) is 41.8 Å². The van der Waals surface area contributed by atoms with Gasteiger partial charge in [0.15, 0.2) is 16.6 Å². The van der Waals surface area contributed by atoms with E-state index in [1.54, 1.807) is 11.4 Å². The molecule has 0 saturated heterocycles. The van der Waals surface area contributed by atoms with Gasteiger partial charge in [0, 0.05) is 5.38 Å². The molecule has 2 amide bonds. The molecule has 3 N–H and O–H groups in total. The van der Waals surface area contributed by atoms with Gasteiger partial charge in [-0.05, 0) is 12.1 Å². The van der Waals surface area contributed by atoms with Crippen molar-refractivity contribution >= 4 is 28.3 Å². The standard InChI is InChI=1S/C12H10N8O2S/c13-9(21)3-7-4-23-12(16-7)17-11(22)8-1-2-10(19-18-8)20-6-14-5-15-20/h1-2,4-6H,3H2,(H2,13,21)(H,16,17,22). The maximum absolute atomic E-state index is 12.1. The summed E-state index contributed by atoms with van der Waals surface area (Å²) in [5.74, 6) is -0.498. The van der Waals surface area contributed by atoms with Crippen molar-refractivity contribution in [1.82, 2.24) is 29.9 Å². The zero-order chi connectivity index (χ0) is 16.2. The predicted molar refractivity (Wildman–Crippen MR) is 79.9 cm³/mol. The molecular weight excluding hydrogens is 320 g/mol. The maximum Gasteiger partial charge on any atom is 0.277 e. The van der Waals surface area contributed by atoms with Gasteiger partial charge in [0.05, 0.1) is 12.1 Å². The van der Waals surface area contributed by atoms with Gasteiger partial charge in [0.1, 0.15) is 12.7 Å². The van der Waals surface area contributed by atoms with Crippen LogP contribution in [0.2, 0.25) is 0 Å². The summed E-state index contributed by atoms with van der Waals surface area (Å²) in [7, 11) is 0. The van der Waals surface area contributed by atoms with Crippen molar-refractivity contribution in [3.63, 3.8) is 0 Å². The molecule has 0 radical (unpaired) electrons. The van der Waals surface area contributed by atoms with E-state index in [1.807, 2.05) is 0 Å². The Bertz CT molecular complexity index is 827. The molecule has 0 aromatic carbocycles. The minimum Gasteiger partial charge on any atom is -0.369 e. The Morgan fingerprint density at radius 3 is 2.83 bits per heavy atom. The van der Waals surface area contributed by atoms with Gasteiger partial charge in [-0.1, -0.05) is 0 Å². The average molecular weight is 330 g/mol. The quantitative estimate of drug-likeness (QED) is 0.659. The Morgan fingerprint density at radius 2 is 2.17 bits per heavy atom. The van der Waals surface area contributed by atoms with Crippen molar-refractivity contribution in [2.75, 3.05) is 5.32 Å². The summed E-state index contributed by atoms with van der Waals surface area (Å²) in [5.41, 5.74) is 5.72. The predicted octanol–water partition coefficient (Wildman–Crippen LogP) is -0.206. The number of thiazole rings is 1. The van der Waals surface area contributed by atoms with Crippen LogP contribution in [0.5, 0.6) is 0 Å². The lowest BCUT2D eigenvalue weighted by molar-refractivity contribution is -0.117. The molecule has 0 saturated carbocycles. The van der Waals surface area contributed by atoms with Crippen LogP contribution in [0.25, 0.3) is 5.82 Å². The van der Waals surface area contributed by atoms with Gasteiger partial charge in [0.25, 0.3) is 5.91 Å². The Balaban J connectivity index is 1.68. The number of amides is 2. The second-order valence-corrected chi connectivity index (χ2v) is 5.22. The van der Waals surface area contributed by atoms with Crippen molar-refractivity contribution in [3.8, 4) is 5.82 Å². The van der Waals surface area contributed by atoms with Crippen LogP contribution < -0.4 is 11.1 Å².